The molecule has 2 N–H and O–H groups in total. The zero-order valence-electron chi connectivity index (χ0n) is 9.72. The smallest absolute Gasteiger partial charge is 0.265 e. The van der Waals surface area contributed by atoms with E-state index in [0.29, 0.717) is 10.1 Å². The van der Waals surface area contributed by atoms with E-state index in [1.165, 1.54) is 17.6 Å². The summed E-state index contributed by atoms with van der Waals surface area (Å²) in [5, 5.41) is 12.0. The highest BCUT2D eigenvalue weighted by Gasteiger charge is 2.22. The lowest BCUT2D eigenvalue weighted by Gasteiger charge is -2.17. The molecule has 2 rings (SSSR count). The van der Waals surface area contributed by atoms with Crippen LogP contribution in [0.2, 0.25) is 4.34 Å². The van der Waals surface area contributed by atoms with Crippen LogP contribution in [0.1, 0.15) is 16.7 Å². The zero-order valence-corrected chi connectivity index (χ0v) is 11.3. The Balaban J connectivity index is 2.12. The van der Waals surface area contributed by atoms with Crippen molar-refractivity contribution >= 4 is 22.9 Å². The summed E-state index contributed by atoms with van der Waals surface area (Å²) in [6, 6.07) is 6.56. The number of halogens is 3. The molecule has 0 spiro atoms. The van der Waals surface area contributed by atoms with E-state index in [9.17, 15) is 8.78 Å². The van der Waals surface area contributed by atoms with Crippen LogP contribution in [0.4, 0.5) is 8.78 Å². The third-order valence-electron chi connectivity index (χ3n) is 2.53. The molecule has 0 aromatic carbocycles. The largest absolute Gasteiger partial charge is 0.467 e. The molecular weight excluding hydrogens is 296 g/mol. The van der Waals surface area contributed by atoms with Crippen molar-refractivity contribution in [2.75, 3.05) is 6.54 Å². The minimum absolute atomic E-state index is 0.238. The maximum Gasteiger partial charge on any atom is 0.265 e. The van der Waals surface area contributed by atoms with Gasteiger partial charge >= 0.3 is 0 Å². The summed E-state index contributed by atoms with van der Waals surface area (Å²) in [6.45, 7) is -0.238. The molecule has 0 saturated carbocycles. The fourth-order valence-electron chi connectivity index (χ4n) is 1.61. The van der Waals surface area contributed by atoms with Crippen LogP contribution in [-0.4, -0.2) is 24.2 Å². The molecule has 3 nitrogen and oxygen atoms in total. The van der Waals surface area contributed by atoms with Gasteiger partial charge in [0.25, 0.3) is 6.43 Å². The van der Waals surface area contributed by atoms with E-state index < -0.39 is 18.6 Å². The van der Waals surface area contributed by atoms with Gasteiger partial charge in [0.05, 0.1) is 10.6 Å². The predicted molar refractivity (Wildman–Crippen MR) is 69.9 cm³/mol. The summed E-state index contributed by atoms with van der Waals surface area (Å²) in [7, 11) is 0. The first kappa shape index (κ1) is 14.5. The Morgan fingerprint density at radius 3 is 2.68 bits per heavy atom. The van der Waals surface area contributed by atoms with Crippen LogP contribution in [0, 0.1) is 0 Å². The number of aliphatic hydroxyl groups excluding tert-OH is 1. The molecule has 2 aromatic rings. The summed E-state index contributed by atoms with van der Waals surface area (Å²) < 4.78 is 30.5. The number of aliphatic hydroxyl groups is 1. The molecule has 0 aliphatic rings. The molecule has 2 unspecified atom stereocenters. The van der Waals surface area contributed by atoms with E-state index >= 15 is 0 Å². The van der Waals surface area contributed by atoms with Crippen molar-refractivity contribution in [2.45, 2.75) is 18.6 Å². The second-order valence-electron chi connectivity index (χ2n) is 3.90. The minimum atomic E-state index is -2.78. The molecule has 19 heavy (non-hydrogen) atoms. The van der Waals surface area contributed by atoms with Gasteiger partial charge in [-0.1, -0.05) is 11.6 Å². The van der Waals surface area contributed by atoms with Crippen molar-refractivity contribution in [1.29, 1.82) is 0 Å². The van der Waals surface area contributed by atoms with E-state index in [0.717, 1.165) is 4.88 Å². The maximum absolute atomic E-state index is 12.3. The second-order valence-corrected chi connectivity index (χ2v) is 5.65. The van der Waals surface area contributed by atoms with Crippen LogP contribution >= 0.6 is 22.9 Å². The van der Waals surface area contributed by atoms with Gasteiger partial charge < -0.3 is 14.8 Å². The van der Waals surface area contributed by atoms with E-state index in [4.69, 9.17) is 21.1 Å². The monoisotopic (exact) mass is 307 g/mol. The lowest BCUT2D eigenvalue weighted by Crippen LogP contribution is -2.34. The average molecular weight is 308 g/mol. The van der Waals surface area contributed by atoms with Crippen molar-refractivity contribution in [3.05, 3.63) is 45.5 Å². The molecule has 104 valence electrons. The lowest BCUT2D eigenvalue weighted by atomic mass is 10.2. The van der Waals surface area contributed by atoms with E-state index in [2.05, 4.69) is 5.32 Å². The fraction of sp³-hybridized carbons (Fsp3) is 0.333. The van der Waals surface area contributed by atoms with Crippen molar-refractivity contribution < 1.29 is 18.3 Å². The molecule has 2 heterocycles. The molecule has 2 aromatic heterocycles. The molecule has 2 atom stereocenters. The topological polar surface area (TPSA) is 45.4 Å². The van der Waals surface area contributed by atoms with Crippen LogP contribution in [0.5, 0.6) is 0 Å². The van der Waals surface area contributed by atoms with Gasteiger partial charge in [-0.2, -0.15) is 0 Å². The fourth-order valence-corrected chi connectivity index (χ4v) is 2.75. The van der Waals surface area contributed by atoms with Crippen LogP contribution in [0.3, 0.4) is 0 Å². The van der Waals surface area contributed by atoms with Gasteiger partial charge in [-0.25, -0.2) is 8.78 Å². The Morgan fingerprint density at radius 1 is 1.37 bits per heavy atom. The molecule has 0 saturated heterocycles. The Bertz CT molecular complexity index is 504. The quantitative estimate of drug-likeness (QED) is 0.860. The molecule has 7 heteroatoms. The second kappa shape index (κ2) is 6.47. The lowest BCUT2D eigenvalue weighted by molar-refractivity contribution is -0.00432. The van der Waals surface area contributed by atoms with Crippen LogP contribution in [0.25, 0.3) is 0 Å². The van der Waals surface area contributed by atoms with Gasteiger partial charge in [0.15, 0.2) is 0 Å². The van der Waals surface area contributed by atoms with Gasteiger partial charge in [-0.05, 0) is 24.3 Å². The van der Waals surface area contributed by atoms with Crippen molar-refractivity contribution in [3.63, 3.8) is 0 Å². The summed E-state index contributed by atoms with van der Waals surface area (Å²) in [4.78, 5) is 0.835. The zero-order chi connectivity index (χ0) is 13.8. The Morgan fingerprint density at radius 2 is 2.16 bits per heavy atom. The molecular formula is C12H12ClF2NO2S. The normalized spacial score (nSPS) is 14.8. The Hall–Kier alpha value is -0.950. The number of furan rings is 1. The van der Waals surface area contributed by atoms with Crippen molar-refractivity contribution in [3.8, 4) is 0 Å². The summed E-state index contributed by atoms with van der Waals surface area (Å²) >= 11 is 7.20. The number of thiophene rings is 1. The first-order chi connectivity index (χ1) is 9.08. The average Bonchev–Trinajstić information content (AvgIpc) is 3.01. The highest BCUT2D eigenvalue weighted by Crippen LogP contribution is 2.31. The highest BCUT2D eigenvalue weighted by atomic mass is 35.5. The number of nitrogens with one attached hydrogen (secondary N) is 1. The van der Waals surface area contributed by atoms with Gasteiger partial charge in [0.1, 0.15) is 17.9 Å². The first-order valence-electron chi connectivity index (χ1n) is 5.56. The third-order valence-corrected chi connectivity index (χ3v) is 3.82. The van der Waals surface area contributed by atoms with Crippen LogP contribution in [-0.2, 0) is 0 Å². The predicted octanol–water partition coefficient (Wildman–Crippen LogP) is 3.30. The Labute approximate surface area is 117 Å². The Kier molecular flexibility index (Phi) is 4.93. The molecule has 0 aliphatic carbocycles. The summed E-state index contributed by atoms with van der Waals surface area (Å²) in [6.07, 6.45) is -2.99. The molecule has 0 fully saturated rings. The van der Waals surface area contributed by atoms with Crippen LogP contribution in [0.15, 0.2) is 34.9 Å². The van der Waals surface area contributed by atoms with Gasteiger partial charge in [-0.15, -0.1) is 11.3 Å². The third kappa shape index (κ3) is 3.76. The minimum Gasteiger partial charge on any atom is -0.467 e. The van der Waals surface area contributed by atoms with Crippen LogP contribution < -0.4 is 5.32 Å². The van der Waals surface area contributed by atoms with E-state index in [1.807, 2.05) is 0 Å². The first-order valence-corrected chi connectivity index (χ1v) is 6.75. The van der Waals surface area contributed by atoms with E-state index in [1.54, 1.807) is 24.3 Å². The SMILES string of the molecule is OC(CNC(c1ccco1)c1ccc(Cl)s1)C(F)F. The number of hydrogen-bond donors (Lipinski definition) is 2. The molecule has 0 radical (unpaired) electrons. The summed E-state index contributed by atoms with van der Waals surface area (Å²) in [5.41, 5.74) is 0. The summed E-state index contributed by atoms with van der Waals surface area (Å²) in [5.74, 6) is 0.583. The molecule has 0 bridgehead atoms. The number of alkyl halides is 2. The van der Waals surface area contributed by atoms with E-state index in [-0.39, 0.29) is 6.54 Å². The van der Waals surface area contributed by atoms with Gasteiger partial charge in [0.2, 0.25) is 0 Å². The van der Waals surface area contributed by atoms with Gasteiger partial charge in [0, 0.05) is 11.4 Å². The van der Waals surface area contributed by atoms with Crippen molar-refractivity contribution in [2.24, 2.45) is 0 Å². The molecule has 0 aliphatic heterocycles. The van der Waals surface area contributed by atoms with Crippen molar-refractivity contribution in [1.82, 2.24) is 5.32 Å². The number of hydrogen-bond acceptors (Lipinski definition) is 4. The highest BCUT2D eigenvalue weighted by molar-refractivity contribution is 7.16. The standard InChI is InChI=1S/C12H12ClF2NO2S/c13-10-4-3-9(19-10)11(8-2-1-5-18-8)16-6-7(17)12(14)15/h1-5,7,11-12,16-17H,6H2. The maximum atomic E-state index is 12.3. The number of rotatable bonds is 6. The van der Waals surface area contributed by atoms with Gasteiger partial charge in [-0.3, -0.25) is 0 Å². The molecule has 0 amide bonds.